The molecule has 0 aliphatic rings. The Labute approximate surface area is 84.4 Å². The fourth-order valence-electron chi connectivity index (χ4n) is 1.14. The van der Waals surface area contributed by atoms with E-state index in [4.69, 9.17) is 16.0 Å². The van der Waals surface area contributed by atoms with E-state index in [2.05, 4.69) is 9.72 Å². The van der Waals surface area contributed by atoms with Gasteiger partial charge in [-0.2, -0.15) is 0 Å². The maximum absolute atomic E-state index is 11.2. The van der Waals surface area contributed by atoms with Crippen molar-refractivity contribution in [2.45, 2.75) is 0 Å². The van der Waals surface area contributed by atoms with Crippen LogP contribution in [-0.2, 0) is 4.74 Å². The van der Waals surface area contributed by atoms with Crippen molar-refractivity contribution in [3.8, 4) is 0 Å². The first-order valence-electron chi connectivity index (χ1n) is 3.84. The zero-order valence-electron chi connectivity index (χ0n) is 7.28. The summed E-state index contributed by atoms with van der Waals surface area (Å²) in [6, 6.07) is 3.24. The second kappa shape index (κ2) is 3.31. The maximum Gasteiger partial charge on any atom is 0.343 e. The quantitative estimate of drug-likeness (QED) is 0.536. The van der Waals surface area contributed by atoms with Gasteiger partial charge < -0.3 is 9.15 Å². The molecule has 14 heavy (non-hydrogen) atoms. The summed E-state index contributed by atoms with van der Waals surface area (Å²) in [6.45, 7) is 0. The molecule has 2 rings (SSSR count). The Morgan fingerprint density at radius 2 is 2.36 bits per heavy atom. The number of ether oxygens (including phenoxy) is 1. The minimum atomic E-state index is -0.487. The average molecular weight is 212 g/mol. The monoisotopic (exact) mass is 211 g/mol. The molecule has 2 heterocycles. The molecule has 0 aliphatic carbocycles. The molecule has 4 nitrogen and oxygen atoms in total. The van der Waals surface area contributed by atoms with E-state index in [1.165, 1.54) is 13.4 Å². The molecule has 0 N–H and O–H groups in total. The summed E-state index contributed by atoms with van der Waals surface area (Å²) in [7, 11) is 1.30. The third kappa shape index (κ3) is 1.33. The van der Waals surface area contributed by atoms with E-state index >= 15 is 0 Å². The summed E-state index contributed by atoms with van der Waals surface area (Å²) in [5, 5.41) is 0.309. The minimum Gasteiger partial charge on any atom is -0.465 e. The van der Waals surface area contributed by atoms with Gasteiger partial charge in [0.1, 0.15) is 22.5 Å². The average Bonchev–Trinajstić information content (AvgIpc) is 2.59. The lowest BCUT2D eigenvalue weighted by molar-refractivity contribution is 0.0601. The van der Waals surface area contributed by atoms with E-state index in [9.17, 15) is 4.79 Å². The molecule has 0 spiro atoms. The maximum atomic E-state index is 11.2. The molecule has 72 valence electrons. The van der Waals surface area contributed by atoms with Gasteiger partial charge in [-0.15, -0.1) is 0 Å². The molecule has 2 aromatic rings. The summed E-state index contributed by atoms with van der Waals surface area (Å²) < 4.78 is 9.67. The summed E-state index contributed by atoms with van der Waals surface area (Å²) in [6.07, 6.45) is 1.31. The molecular weight excluding hydrogens is 206 g/mol. The van der Waals surface area contributed by atoms with Crippen LogP contribution in [0, 0.1) is 0 Å². The Kier molecular flexibility index (Phi) is 2.13. The van der Waals surface area contributed by atoms with Gasteiger partial charge in [0.15, 0.2) is 5.58 Å². The lowest BCUT2D eigenvalue weighted by Gasteiger charge is -1.94. The second-order valence-electron chi connectivity index (χ2n) is 2.62. The number of esters is 1. The number of halogens is 1. The Balaban J connectivity index is 2.67. The number of furan rings is 1. The molecule has 0 bridgehead atoms. The van der Waals surface area contributed by atoms with Crippen LogP contribution in [-0.4, -0.2) is 18.1 Å². The molecule has 0 radical (unpaired) electrons. The largest absolute Gasteiger partial charge is 0.465 e. The van der Waals surface area contributed by atoms with E-state index in [0.717, 1.165) is 0 Å². The van der Waals surface area contributed by atoms with Crippen LogP contribution >= 0.6 is 11.6 Å². The van der Waals surface area contributed by atoms with Gasteiger partial charge in [-0.1, -0.05) is 11.6 Å². The predicted octanol–water partition coefficient (Wildman–Crippen LogP) is 2.27. The number of rotatable bonds is 1. The first-order chi connectivity index (χ1) is 6.72. The summed E-state index contributed by atoms with van der Waals surface area (Å²) in [5.74, 6) is -0.487. The Morgan fingerprint density at radius 3 is 3.07 bits per heavy atom. The number of hydrogen-bond acceptors (Lipinski definition) is 4. The van der Waals surface area contributed by atoms with Crippen molar-refractivity contribution >= 4 is 28.7 Å². The van der Waals surface area contributed by atoms with Crippen molar-refractivity contribution in [1.82, 2.24) is 4.98 Å². The van der Waals surface area contributed by atoms with Gasteiger partial charge in [-0.3, -0.25) is 0 Å². The van der Waals surface area contributed by atoms with Gasteiger partial charge in [0.25, 0.3) is 0 Å². The van der Waals surface area contributed by atoms with Gasteiger partial charge in [-0.25, -0.2) is 9.78 Å². The van der Waals surface area contributed by atoms with Crippen molar-refractivity contribution in [2.24, 2.45) is 0 Å². The van der Waals surface area contributed by atoms with Crippen LogP contribution in [0.2, 0.25) is 5.15 Å². The Hall–Kier alpha value is -1.55. The van der Waals surface area contributed by atoms with Crippen LogP contribution in [0.15, 0.2) is 22.8 Å². The van der Waals surface area contributed by atoms with Crippen LogP contribution in [0.4, 0.5) is 0 Å². The van der Waals surface area contributed by atoms with E-state index in [1.54, 1.807) is 12.1 Å². The molecule has 0 aromatic carbocycles. The van der Waals surface area contributed by atoms with Gasteiger partial charge in [0, 0.05) is 0 Å². The molecule has 0 aliphatic heterocycles. The molecule has 0 saturated carbocycles. The fourth-order valence-corrected chi connectivity index (χ4v) is 1.29. The van der Waals surface area contributed by atoms with E-state index in [0.29, 0.717) is 16.3 Å². The van der Waals surface area contributed by atoms with Gasteiger partial charge in [-0.05, 0) is 12.1 Å². The lowest BCUT2D eigenvalue weighted by atomic mass is 10.3. The number of fused-ring (bicyclic) bond motifs is 1. The normalized spacial score (nSPS) is 10.4. The van der Waals surface area contributed by atoms with Gasteiger partial charge in [0.05, 0.1) is 7.11 Å². The molecular formula is C9H6ClNO3. The van der Waals surface area contributed by atoms with E-state index < -0.39 is 5.97 Å². The smallest absolute Gasteiger partial charge is 0.343 e. The number of pyridine rings is 1. The second-order valence-corrected chi connectivity index (χ2v) is 3.01. The number of methoxy groups -OCH3 is 1. The number of carbonyl (C=O) groups is 1. The highest BCUT2D eigenvalue weighted by Gasteiger charge is 2.15. The Morgan fingerprint density at radius 1 is 1.57 bits per heavy atom. The zero-order valence-corrected chi connectivity index (χ0v) is 8.04. The van der Waals surface area contributed by atoms with Gasteiger partial charge in [0.2, 0.25) is 0 Å². The van der Waals surface area contributed by atoms with Crippen LogP contribution in [0.1, 0.15) is 10.4 Å². The summed E-state index contributed by atoms with van der Waals surface area (Å²) in [5.41, 5.74) is 1.21. The number of hydrogen-bond donors (Lipinski definition) is 0. The SMILES string of the molecule is COC(=O)c1coc2ccc(Cl)nc12. The number of aromatic nitrogens is 1. The van der Waals surface area contributed by atoms with Crippen molar-refractivity contribution in [3.05, 3.63) is 29.1 Å². The molecule has 0 saturated heterocycles. The first kappa shape index (κ1) is 9.02. The molecule has 0 amide bonds. The highest BCUT2D eigenvalue weighted by molar-refractivity contribution is 6.29. The van der Waals surface area contributed by atoms with Crippen molar-refractivity contribution in [1.29, 1.82) is 0 Å². The van der Waals surface area contributed by atoms with Gasteiger partial charge >= 0.3 is 5.97 Å². The molecule has 2 aromatic heterocycles. The van der Waals surface area contributed by atoms with Crippen molar-refractivity contribution in [2.75, 3.05) is 7.11 Å². The predicted molar refractivity (Wildman–Crippen MR) is 50.4 cm³/mol. The van der Waals surface area contributed by atoms with Crippen LogP contribution in [0.25, 0.3) is 11.1 Å². The number of carbonyl (C=O) groups excluding carboxylic acids is 1. The Bertz CT molecular complexity index is 492. The van der Waals surface area contributed by atoms with Crippen LogP contribution in [0.5, 0.6) is 0 Å². The van der Waals surface area contributed by atoms with Crippen molar-refractivity contribution < 1.29 is 13.9 Å². The van der Waals surface area contributed by atoms with Crippen LogP contribution < -0.4 is 0 Å². The third-order valence-corrected chi connectivity index (χ3v) is 2.00. The standard InChI is InChI=1S/C9H6ClNO3/c1-13-9(12)5-4-14-6-2-3-7(10)11-8(5)6/h2-4H,1H3. The minimum absolute atomic E-state index is 0.282. The molecule has 0 atom stereocenters. The molecule has 0 unspecified atom stereocenters. The first-order valence-corrected chi connectivity index (χ1v) is 4.22. The fraction of sp³-hybridized carbons (Fsp3) is 0.111. The van der Waals surface area contributed by atoms with Crippen LogP contribution in [0.3, 0.4) is 0 Å². The van der Waals surface area contributed by atoms with E-state index in [-0.39, 0.29) is 5.56 Å². The molecule has 0 fully saturated rings. The topological polar surface area (TPSA) is 52.3 Å². The zero-order chi connectivity index (χ0) is 10.1. The lowest BCUT2D eigenvalue weighted by Crippen LogP contribution is -2.00. The van der Waals surface area contributed by atoms with Crippen molar-refractivity contribution in [3.63, 3.8) is 0 Å². The number of nitrogens with zero attached hydrogens (tertiary/aromatic N) is 1. The summed E-state index contributed by atoms with van der Waals surface area (Å²) >= 11 is 5.69. The highest BCUT2D eigenvalue weighted by atomic mass is 35.5. The molecule has 5 heteroatoms. The third-order valence-electron chi connectivity index (χ3n) is 1.79. The van der Waals surface area contributed by atoms with E-state index in [1.807, 2.05) is 0 Å². The summed E-state index contributed by atoms with van der Waals surface area (Å²) in [4.78, 5) is 15.2. The highest BCUT2D eigenvalue weighted by Crippen LogP contribution is 2.21.